The molecule has 0 heterocycles. The number of aldehydes is 1. The first-order valence-electron chi connectivity index (χ1n) is 4.42. The van der Waals surface area contributed by atoms with Crippen LogP contribution in [-0.2, 0) is 4.79 Å². The second-order valence-electron chi connectivity index (χ2n) is 3.82. The fraction of sp³-hybridized carbons (Fsp3) is 0.889. The molecule has 1 saturated carbocycles. The van der Waals surface area contributed by atoms with Crippen molar-refractivity contribution >= 4 is 6.29 Å². The highest BCUT2D eigenvalue weighted by Crippen LogP contribution is 2.29. The minimum absolute atomic E-state index is 0.425. The Labute approximate surface area is 68.2 Å². The summed E-state index contributed by atoms with van der Waals surface area (Å²) in [5, 5.41) is 0. The van der Waals surface area contributed by atoms with Crippen molar-refractivity contribution in [3.63, 3.8) is 0 Å². The van der Waals surface area contributed by atoms with Gasteiger partial charge in [-0.25, -0.2) is 0 Å². The molecule has 1 aliphatic rings. The SMILES string of the molecule is C[C@](N)(C=O)C1CCCCC1. The van der Waals surface area contributed by atoms with Crippen molar-refractivity contribution in [2.45, 2.75) is 44.6 Å². The number of hydrogen-bond acceptors (Lipinski definition) is 2. The third-order valence-electron chi connectivity index (χ3n) is 2.74. The smallest absolute Gasteiger partial charge is 0.139 e. The van der Waals surface area contributed by atoms with E-state index in [1.165, 1.54) is 19.3 Å². The standard InChI is InChI=1S/C9H17NO/c1-9(10,7-11)8-5-3-2-4-6-8/h7-8H,2-6,10H2,1H3/t9-/m0/s1. The molecule has 1 rings (SSSR count). The zero-order valence-corrected chi connectivity index (χ0v) is 7.18. The van der Waals surface area contributed by atoms with E-state index in [9.17, 15) is 4.79 Å². The van der Waals surface area contributed by atoms with E-state index in [0.29, 0.717) is 5.92 Å². The van der Waals surface area contributed by atoms with Gasteiger partial charge in [-0.15, -0.1) is 0 Å². The molecule has 0 unspecified atom stereocenters. The monoisotopic (exact) mass is 155 g/mol. The topological polar surface area (TPSA) is 43.1 Å². The highest BCUT2D eigenvalue weighted by atomic mass is 16.1. The van der Waals surface area contributed by atoms with Crippen LogP contribution in [0.3, 0.4) is 0 Å². The Morgan fingerprint density at radius 2 is 1.91 bits per heavy atom. The van der Waals surface area contributed by atoms with E-state index in [0.717, 1.165) is 19.1 Å². The third-order valence-corrected chi connectivity index (χ3v) is 2.74. The van der Waals surface area contributed by atoms with Gasteiger partial charge in [-0.1, -0.05) is 19.3 Å². The first-order chi connectivity index (χ1) is 5.17. The van der Waals surface area contributed by atoms with Crippen LogP contribution >= 0.6 is 0 Å². The van der Waals surface area contributed by atoms with E-state index in [4.69, 9.17) is 5.73 Å². The molecule has 0 saturated heterocycles. The first kappa shape index (κ1) is 8.72. The van der Waals surface area contributed by atoms with Gasteiger partial charge < -0.3 is 10.5 Å². The van der Waals surface area contributed by atoms with Crippen LogP contribution in [0.2, 0.25) is 0 Å². The fourth-order valence-corrected chi connectivity index (χ4v) is 1.82. The summed E-state index contributed by atoms with van der Waals surface area (Å²) in [6.07, 6.45) is 6.96. The van der Waals surface area contributed by atoms with E-state index in [1.54, 1.807) is 0 Å². The van der Waals surface area contributed by atoms with Gasteiger partial charge in [0, 0.05) is 0 Å². The van der Waals surface area contributed by atoms with E-state index in [-0.39, 0.29) is 0 Å². The molecular weight excluding hydrogens is 138 g/mol. The van der Waals surface area contributed by atoms with E-state index in [2.05, 4.69) is 0 Å². The average molecular weight is 155 g/mol. The van der Waals surface area contributed by atoms with Gasteiger partial charge >= 0.3 is 0 Å². The van der Waals surface area contributed by atoms with Crippen LogP contribution in [0.1, 0.15) is 39.0 Å². The summed E-state index contributed by atoms with van der Waals surface area (Å²) in [5.74, 6) is 0.425. The summed E-state index contributed by atoms with van der Waals surface area (Å²) in [6, 6.07) is 0. The Kier molecular flexibility index (Phi) is 2.66. The van der Waals surface area contributed by atoms with Crippen LogP contribution < -0.4 is 5.73 Å². The van der Waals surface area contributed by atoms with Gasteiger partial charge in [0.1, 0.15) is 6.29 Å². The second-order valence-corrected chi connectivity index (χ2v) is 3.82. The zero-order valence-electron chi connectivity index (χ0n) is 7.18. The van der Waals surface area contributed by atoms with Crippen LogP contribution in [0.25, 0.3) is 0 Å². The largest absolute Gasteiger partial charge is 0.319 e. The minimum atomic E-state index is -0.569. The van der Waals surface area contributed by atoms with Gasteiger partial charge in [0.25, 0.3) is 0 Å². The van der Waals surface area contributed by atoms with Gasteiger partial charge in [0.2, 0.25) is 0 Å². The van der Waals surface area contributed by atoms with Crippen molar-refractivity contribution in [3.8, 4) is 0 Å². The van der Waals surface area contributed by atoms with E-state index >= 15 is 0 Å². The van der Waals surface area contributed by atoms with Crippen molar-refractivity contribution in [1.29, 1.82) is 0 Å². The lowest BCUT2D eigenvalue weighted by Gasteiger charge is -2.32. The van der Waals surface area contributed by atoms with Gasteiger partial charge in [0.15, 0.2) is 0 Å². The van der Waals surface area contributed by atoms with Gasteiger partial charge in [0.05, 0.1) is 5.54 Å². The summed E-state index contributed by atoms with van der Waals surface area (Å²) in [6.45, 7) is 1.84. The van der Waals surface area contributed by atoms with Crippen molar-refractivity contribution in [3.05, 3.63) is 0 Å². The van der Waals surface area contributed by atoms with Crippen LogP contribution in [0.5, 0.6) is 0 Å². The Bertz CT molecular complexity index is 136. The Morgan fingerprint density at radius 1 is 1.36 bits per heavy atom. The van der Waals surface area contributed by atoms with Crippen LogP contribution in [0.15, 0.2) is 0 Å². The number of nitrogens with two attached hydrogens (primary N) is 1. The Hall–Kier alpha value is -0.370. The quantitative estimate of drug-likeness (QED) is 0.614. The van der Waals surface area contributed by atoms with Gasteiger partial charge in [-0.2, -0.15) is 0 Å². The number of carbonyl (C=O) groups excluding carboxylic acids is 1. The van der Waals surface area contributed by atoms with E-state index < -0.39 is 5.54 Å². The predicted molar refractivity (Wildman–Crippen MR) is 45.2 cm³/mol. The van der Waals surface area contributed by atoms with Crippen LogP contribution in [-0.4, -0.2) is 11.8 Å². The summed E-state index contributed by atoms with van der Waals surface area (Å²) >= 11 is 0. The summed E-state index contributed by atoms with van der Waals surface area (Å²) in [5.41, 5.74) is 5.25. The Balaban J connectivity index is 2.50. The molecule has 11 heavy (non-hydrogen) atoms. The average Bonchev–Trinajstić information content (AvgIpc) is 2.06. The van der Waals surface area contributed by atoms with Crippen LogP contribution in [0.4, 0.5) is 0 Å². The lowest BCUT2D eigenvalue weighted by molar-refractivity contribution is -0.113. The van der Waals surface area contributed by atoms with E-state index in [1.807, 2.05) is 6.92 Å². The van der Waals surface area contributed by atoms with Crippen molar-refractivity contribution in [1.82, 2.24) is 0 Å². The lowest BCUT2D eigenvalue weighted by atomic mass is 9.77. The number of rotatable bonds is 2. The van der Waals surface area contributed by atoms with Crippen LogP contribution in [0, 0.1) is 5.92 Å². The normalized spacial score (nSPS) is 26.0. The molecule has 0 spiro atoms. The molecular formula is C9H17NO. The maximum atomic E-state index is 10.6. The number of hydrogen-bond donors (Lipinski definition) is 1. The predicted octanol–water partition coefficient (Wildman–Crippen LogP) is 1.48. The molecule has 1 fully saturated rings. The molecule has 0 amide bonds. The molecule has 2 N–H and O–H groups in total. The number of carbonyl (C=O) groups is 1. The van der Waals surface area contributed by atoms with Gasteiger partial charge in [-0.3, -0.25) is 0 Å². The zero-order chi connectivity index (χ0) is 8.32. The maximum absolute atomic E-state index is 10.6. The highest BCUT2D eigenvalue weighted by molar-refractivity contribution is 5.63. The summed E-state index contributed by atoms with van der Waals surface area (Å²) in [4.78, 5) is 10.6. The molecule has 2 heteroatoms. The molecule has 0 bridgehead atoms. The molecule has 2 nitrogen and oxygen atoms in total. The molecule has 0 aromatic rings. The molecule has 0 aliphatic heterocycles. The van der Waals surface area contributed by atoms with Crippen molar-refractivity contribution < 1.29 is 4.79 Å². The fourth-order valence-electron chi connectivity index (χ4n) is 1.82. The summed E-state index contributed by atoms with van der Waals surface area (Å²) in [7, 11) is 0. The third kappa shape index (κ3) is 2.03. The molecule has 0 aromatic heterocycles. The van der Waals surface area contributed by atoms with Crippen molar-refractivity contribution in [2.75, 3.05) is 0 Å². The molecule has 1 atom stereocenters. The molecule has 0 aromatic carbocycles. The van der Waals surface area contributed by atoms with Gasteiger partial charge in [-0.05, 0) is 25.7 Å². The molecule has 1 aliphatic carbocycles. The lowest BCUT2D eigenvalue weighted by Crippen LogP contribution is -2.46. The second kappa shape index (κ2) is 3.35. The summed E-state index contributed by atoms with van der Waals surface area (Å²) < 4.78 is 0. The highest BCUT2D eigenvalue weighted by Gasteiger charge is 2.30. The maximum Gasteiger partial charge on any atom is 0.139 e. The van der Waals surface area contributed by atoms with Crippen molar-refractivity contribution in [2.24, 2.45) is 11.7 Å². The molecule has 0 radical (unpaired) electrons. The first-order valence-corrected chi connectivity index (χ1v) is 4.42. The Morgan fingerprint density at radius 3 is 2.36 bits per heavy atom. The minimum Gasteiger partial charge on any atom is -0.319 e. The molecule has 64 valence electrons.